The molecule has 25 heavy (non-hydrogen) atoms. The van der Waals surface area contributed by atoms with Crippen molar-refractivity contribution >= 4 is 21.8 Å². The van der Waals surface area contributed by atoms with Crippen molar-refractivity contribution in [2.45, 2.75) is 13.3 Å². The first-order valence-corrected chi connectivity index (χ1v) is 8.48. The van der Waals surface area contributed by atoms with Crippen molar-refractivity contribution in [3.8, 4) is 5.82 Å². The first-order chi connectivity index (χ1) is 12.1. The Morgan fingerprint density at radius 1 is 1.28 bits per heavy atom. The van der Waals surface area contributed by atoms with Gasteiger partial charge in [-0.05, 0) is 31.0 Å². The lowest BCUT2D eigenvalue weighted by Gasteiger charge is -2.07. The van der Waals surface area contributed by atoms with Crippen LogP contribution in [0.2, 0.25) is 0 Å². The van der Waals surface area contributed by atoms with E-state index in [0.717, 1.165) is 16.5 Å². The Morgan fingerprint density at radius 3 is 2.80 bits per heavy atom. The van der Waals surface area contributed by atoms with Gasteiger partial charge in [-0.1, -0.05) is 34.1 Å². The summed E-state index contributed by atoms with van der Waals surface area (Å²) < 4.78 is 2.54. The molecule has 3 rings (SSSR count). The molecule has 0 atom stereocenters. The third-order valence-electron chi connectivity index (χ3n) is 3.77. The molecule has 7 nitrogen and oxygen atoms in total. The summed E-state index contributed by atoms with van der Waals surface area (Å²) in [6.07, 6.45) is 2.22. The molecule has 1 amide bonds. The first-order valence-electron chi connectivity index (χ1n) is 7.68. The molecule has 2 heterocycles. The van der Waals surface area contributed by atoms with Gasteiger partial charge in [0, 0.05) is 17.1 Å². The lowest BCUT2D eigenvalue weighted by atomic mass is 10.1. The monoisotopic (exact) mass is 401 g/mol. The number of nitrogens with zero attached hydrogens (tertiary/aromatic N) is 3. The topological polar surface area (TPSA) is 92.7 Å². The van der Waals surface area contributed by atoms with Crippen LogP contribution in [0, 0.1) is 6.92 Å². The van der Waals surface area contributed by atoms with Crippen LogP contribution in [0.4, 0.5) is 0 Å². The third-order valence-corrected chi connectivity index (χ3v) is 4.55. The average molecular weight is 402 g/mol. The number of hydrogen-bond acceptors (Lipinski definition) is 4. The predicted octanol–water partition coefficient (Wildman–Crippen LogP) is 2.00. The van der Waals surface area contributed by atoms with Crippen LogP contribution in [0.25, 0.3) is 5.82 Å². The summed E-state index contributed by atoms with van der Waals surface area (Å²) in [4.78, 5) is 23.5. The zero-order valence-electron chi connectivity index (χ0n) is 13.5. The highest BCUT2D eigenvalue weighted by Gasteiger charge is 2.15. The molecule has 128 valence electrons. The van der Waals surface area contributed by atoms with E-state index in [4.69, 9.17) is 0 Å². The van der Waals surface area contributed by atoms with Crippen molar-refractivity contribution in [3.05, 3.63) is 74.2 Å². The molecule has 0 unspecified atom stereocenters. The zero-order valence-corrected chi connectivity index (χ0v) is 15.1. The molecule has 0 aliphatic rings. The maximum absolute atomic E-state index is 12.4. The SMILES string of the molecule is Cc1c(C(=O)NCCc2ccccc2Br)cnn1-c1ccc(=O)[nH]n1. The second-order valence-electron chi connectivity index (χ2n) is 5.43. The number of aromatic amines is 1. The molecule has 0 spiro atoms. The second kappa shape index (κ2) is 7.43. The summed E-state index contributed by atoms with van der Waals surface area (Å²) in [7, 11) is 0. The Labute approximate surface area is 152 Å². The van der Waals surface area contributed by atoms with E-state index >= 15 is 0 Å². The fraction of sp³-hybridized carbons (Fsp3) is 0.176. The third kappa shape index (κ3) is 3.85. The molecule has 2 aromatic heterocycles. The van der Waals surface area contributed by atoms with Gasteiger partial charge in [-0.2, -0.15) is 10.2 Å². The van der Waals surface area contributed by atoms with Crippen LogP contribution < -0.4 is 10.9 Å². The van der Waals surface area contributed by atoms with Gasteiger partial charge in [0.1, 0.15) is 0 Å². The van der Waals surface area contributed by atoms with Crippen LogP contribution in [0.1, 0.15) is 21.6 Å². The van der Waals surface area contributed by atoms with Crippen LogP contribution in [0.3, 0.4) is 0 Å². The number of H-pyrrole nitrogens is 1. The van der Waals surface area contributed by atoms with Crippen molar-refractivity contribution in [3.63, 3.8) is 0 Å². The molecule has 3 aromatic rings. The number of halogens is 1. The van der Waals surface area contributed by atoms with E-state index in [2.05, 4.69) is 36.5 Å². The molecule has 0 saturated heterocycles. The number of rotatable bonds is 5. The van der Waals surface area contributed by atoms with Crippen molar-refractivity contribution in [1.29, 1.82) is 0 Å². The minimum atomic E-state index is -0.293. The molecule has 0 fully saturated rings. The molecule has 1 aromatic carbocycles. The highest BCUT2D eigenvalue weighted by molar-refractivity contribution is 9.10. The smallest absolute Gasteiger partial charge is 0.264 e. The molecule has 0 bridgehead atoms. The number of aromatic nitrogens is 4. The van der Waals surface area contributed by atoms with Crippen LogP contribution in [-0.4, -0.2) is 32.4 Å². The van der Waals surface area contributed by atoms with Gasteiger partial charge < -0.3 is 5.32 Å². The van der Waals surface area contributed by atoms with Gasteiger partial charge in [0.25, 0.3) is 11.5 Å². The quantitative estimate of drug-likeness (QED) is 0.683. The summed E-state index contributed by atoms with van der Waals surface area (Å²) in [5.41, 5.74) is 1.96. The zero-order chi connectivity index (χ0) is 17.8. The van der Waals surface area contributed by atoms with Crippen LogP contribution >= 0.6 is 15.9 Å². The van der Waals surface area contributed by atoms with Crippen molar-refractivity contribution in [1.82, 2.24) is 25.3 Å². The minimum Gasteiger partial charge on any atom is -0.352 e. The van der Waals surface area contributed by atoms with Gasteiger partial charge in [0.2, 0.25) is 0 Å². The lowest BCUT2D eigenvalue weighted by molar-refractivity contribution is 0.0953. The number of carbonyl (C=O) groups excluding carboxylic acids is 1. The summed E-state index contributed by atoms with van der Waals surface area (Å²) in [6.45, 7) is 2.30. The minimum absolute atomic E-state index is 0.194. The number of carbonyl (C=O) groups is 1. The summed E-state index contributed by atoms with van der Waals surface area (Å²) in [6, 6.07) is 10.8. The normalized spacial score (nSPS) is 10.6. The summed E-state index contributed by atoms with van der Waals surface area (Å²) in [5, 5.41) is 13.3. The number of benzene rings is 1. The van der Waals surface area contributed by atoms with E-state index in [1.165, 1.54) is 16.9 Å². The van der Waals surface area contributed by atoms with Crippen LogP contribution in [0.5, 0.6) is 0 Å². The van der Waals surface area contributed by atoms with Gasteiger partial charge in [-0.25, -0.2) is 9.78 Å². The van der Waals surface area contributed by atoms with E-state index in [-0.39, 0.29) is 11.5 Å². The largest absolute Gasteiger partial charge is 0.352 e. The van der Waals surface area contributed by atoms with E-state index in [9.17, 15) is 9.59 Å². The first kappa shape index (κ1) is 17.1. The van der Waals surface area contributed by atoms with Crippen LogP contribution in [-0.2, 0) is 6.42 Å². The Bertz CT molecular complexity index is 943. The van der Waals surface area contributed by atoms with E-state index < -0.39 is 0 Å². The van der Waals surface area contributed by atoms with Gasteiger partial charge in [-0.15, -0.1) is 0 Å². The van der Waals surface area contributed by atoms with Gasteiger partial charge in [0.15, 0.2) is 5.82 Å². The number of amides is 1. The van der Waals surface area contributed by atoms with Gasteiger partial charge in [0.05, 0.1) is 17.5 Å². The molecule has 0 aliphatic carbocycles. The summed E-state index contributed by atoms with van der Waals surface area (Å²) >= 11 is 3.50. The predicted molar refractivity (Wildman–Crippen MR) is 96.9 cm³/mol. The Morgan fingerprint density at radius 2 is 2.08 bits per heavy atom. The molecular formula is C17H16BrN5O2. The maximum Gasteiger partial charge on any atom is 0.264 e. The van der Waals surface area contributed by atoms with E-state index in [1.807, 2.05) is 24.3 Å². The molecule has 2 N–H and O–H groups in total. The molecule has 0 aliphatic heterocycles. The number of hydrogen-bond donors (Lipinski definition) is 2. The van der Waals surface area contributed by atoms with Crippen molar-refractivity contribution < 1.29 is 4.79 Å². The maximum atomic E-state index is 12.4. The Balaban J connectivity index is 1.68. The Kier molecular flexibility index (Phi) is 5.08. The summed E-state index contributed by atoms with van der Waals surface area (Å²) in [5.74, 6) is 0.254. The highest BCUT2D eigenvalue weighted by atomic mass is 79.9. The molecule has 8 heteroatoms. The van der Waals surface area contributed by atoms with Crippen molar-refractivity contribution in [2.75, 3.05) is 6.54 Å². The molecule has 0 saturated carbocycles. The fourth-order valence-electron chi connectivity index (χ4n) is 2.43. The highest BCUT2D eigenvalue weighted by Crippen LogP contribution is 2.16. The Hall–Kier alpha value is -2.74. The molecule has 0 radical (unpaired) electrons. The lowest BCUT2D eigenvalue weighted by Crippen LogP contribution is -2.26. The van der Waals surface area contributed by atoms with Gasteiger partial charge in [-0.3, -0.25) is 9.59 Å². The van der Waals surface area contributed by atoms with Gasteiger partial charge >= 0.3 is 0 Å². The molecular weight excluding hydrogens is 386 g/mol. The van der Waals surface area contributed by atoms with Crippen LogP contribution in [0.15, 0.2) is 51.9 Å². The second-order valence-corrected chi connectivity index (χ2v) is 6.29. The van der Waals surface area contributed by atoms with E-state index in [0.29, 0.717) is 23.6 Å². The average Bonchev–Trinajstić information content (AvgIpc) is 2.99. The fourth-order valence-corrected chi connectivity index (χ4v) is 2.91. The van der Waals surface area contributed by atoms with E-state index in [1.54, 1.807) is 13.0 Å². The standard InChI is InChI=1S/C17H16BrN5O2/c1-11-13(10-20-23(11)15-6-7-16(24)22-21-15)17(25)19-9-8-12-4-2-3-5-14(12)18/h2-7,10H,8-9H2,1H3,(H,19,25)(H,22,24). The van der Waals surface area contributed by atoms with Crippen molar-refractivity contribution in [2.24, 2.45) is 0 Å². The number of nitrogens with one attached hydrogen (secondary N) is 2.